The van der Waals surface area contributed by atoms with E-state index in [2.05, 4.69) is 42.2 Å². The van der Waals surface area contributed by atoms with Crippen molar-refractivity contribution in [3.63, 3.8) is 0 Å². The first-order chi connectivity index (χ1) is 18.3. The van der Waals surface area contributed by atoms with E-state index in [1.165, 1.54) is 44.2 Å². The number of H-pyrrole nitrogens is 2. The van der Waals surface area contributed by atoms with Gasteiger partial charge in [-0.3, -0.25) is 10.1 Å². The Bertz CT molecular complexity index is 1540. The maximum Gasteiger partial charge on any atom is 0.139 e. The van der Waals surface area contributed by atoms with Crippen molar-refractivity contribution in [1.29, 1.82) is 0 Å². The van der Waals surface area contributed by atoms with Gasteiger partial charge in [0.2, 0.25) is 0 Å². The van der Waals surface area contributed by atoms with E-state index in [-0.39, 0.29) is 6.10 Å². The Morgan fingerprint density at radius 2 is 1.78 bits per heavy atom. The molecule has 0 aromatic carbocycles. The smallest absolute Gasteiger partial charge is 0.139 e. The molecular formula is C29H31N7O. The third kappa shape index (κ3) is 4.30. The number of fused-ring (bicyclic) bond motifs is 2. The van der Waals surface area contributed by atoms with Crippen LogP contribution in [0.4, 0.5) is 5.69 Å². The number of nitrogens with one attached hydrogen (secondary N) is 2. The third-order valence-electron chi connectivity index (χ3n) is 7.73. The lowest BCUT2D eigenvalue weighted by atomic mass is 9.98. The van der Waals surface area contributed by atoms with Crippen LogP contribution in [0.5, 0.6) is 5.75 Å². The zero-order chi connectivity index (χ0) is 24.6. The van der Waals surface area contributed by atoms with Crippen molar-refractivity contribution in [2.24, 2.45) is 0 Å². The summed E-state index contributed by atoms with van der Waals surface area (Å²) in [6, 6.07) is 10.4. The van der Waals surface area contributed by atoms with E-state index in [1.807, 2.05) is 30.6 Å². The van der Waals surface area contributed by atoms with Gasteiger partial charge in [-0.05, 0) is 75.3 Å². The van der Waals surface area contributed by atoms with Crippen LogP contribution < -0.4 is 9.64 Å². The highest BCUT2D eigenvalue weighted by atomic mass is 16.5. The average Bonchev–Trinajstić information content (AvgIpc) is 3.58. The lowest BCUT2D eigenvalue weighted by Crippen LogP contribution is -2.29. The minimum Gasteiger partial charge on any atom is -0.489 e. The molecule has 1 aliphatic carbocycles. The molecule has 188 valence electrons. The van der Waals surface area contributed by atoms with E-state index in [4.69, 9.17) is 9.72 Å². The van der Waals surface area contributed by atoms with Crippen molar-refractivity contribution in [3.05, 3.63) is 48.9 Å². The Labute approximate surface area is 215 Å². The number of rotatable bonds is 5. The fourth-order valence-corrected chi connectivity index (χ4v) is 5.80. The lowest BCUT2D eigenvalue weighted by Gasteiger charge is -2.29. The normalized spacial score (nSPS) is 17.0. The number of hydrogen-bond acceptors (Lipinski definition) is 6. The van der Waals surface area contributed by atoms with E-state index in [1.54, 1.807) is 6.20 Å². The summed E-state index contributed by atoms with van der Waals surface area (Å²) in [5.41, 5.74) is 7.32. The van der Waals surface area contributed by atoms with Gasteiger partial charge in [-0.25, -0.2) is 9.97 Å². The summed E-state index contributed by atoms with van der Waals surface area (Å²) < 4.78 is 6.25. The van der Waals surface area contributed by atoms with Crippen molar-refractivity contribution in [3.8, 4) is 28.4 Å². The largest absolute Gasteiger partial charge is 0.489 e. The van der Waals surface area contributed by atoms with Gasteiger partial charge in [0.15, 0.2) is 0 Å². The fourth-order valence-electron chi connectivity index (χ4n) is 5.80. The first-order valence-corrected chi connectivity index (χ1v) is 13.5. The molecule has 8 nitrogen and oxygen atoms in total. The van der Waals surface area contributed by atoms with E-state index in [0.717, 1.165) is 76.4 Å². The van der Waals surface area contributed by atoms with Gasteiger partial charge in [-0.1, -0.05) is 6.42 Å². The van der Waals surface area contributed by atoms with Gasteiger partial charge in [0.25, 0.3) is 0 Å². The highest BCUT2D eigenvalue weighted by Crippen LogP contribution is 2.34. The summed E-state index contributed by atoms with van der Waals surface area (Å²) in [5, 5.41) is 8.91. The maximum absolute atomic E-state index is 6.25. The summed E-state index contributed by atoms with van der Waals surface area (Å²) in [4.78, 5) is 20.0. The van der Waals surface area contributed by atoms with Crippen LogP contribution >= 0.6 is 0 Å². The minimum atomic E-state index is 0.284. The van der Waals surface area contributed by atoms with Crippen molar-refractivity contribution in [2.45, 2.75) is 57.5 Å². The van der Waals surface area contributed by atoms with Crippen molar-refractivity contribution >= 4 is 27.8 Å². The molecule has 0 amide bonds. The summed E-state index contributed by atoms with van der Waals surface area (Å²) in [7, 11) is 0. The van der Waals surface area contributed by atoms with Crippen LogP contribution in [0, 0.1) is 0 Å². The Hall–Kier alpha value is -3.94. The Balaban J connectivity index is 1.23. The molecule has 0 unspecified atom stereocenters. The second-order valence-corrected chi connectivity index (χ2v) is 10.3. The molecule has 5 aromatic rings. The van der Waals surface area contributed by atoms with Crippen LogP contribution in [0.2, 0.25) is 0 Å². The molecule has 0 radical (unpaired) electrons. The minimum absolute atomic E-state index is 0.284. The summed E-state index contributed by atoms with van der Waals surface area (Å²) >= 11 is 0. The Morgan fingerprint density at radius 1 is 0.919 bits per heavy atom. The van der Waals surface area contributed by atoms with Crippen molar-refractivity contribution in [2.75, 3.05) is 18.0 Å². The summed E-state index contributed by atoms with van der Waals surface area (Å²) in [5.74, 6) is 0.811. The average molecular weight is 494 g/mol. The summed E-state index contributed by atoms with van der Waals surface area (Å²) in [6.45, 7) is 2.18. The van der Waals surface area contributed by atoms with Crippen LogP contribution in [0.3, 0.4) is 0 Å². The number of hydrogen-bond donors (Lipinski definition) is 2. The number of ether oxygens (including phenoxy) is 1. The van der Waals surface area contributed by atoms with Gasteiger partial charge in [0.1, 0.15) is 22.6 Å². The van der Waals surface area contributed by atoms with Crippen LogP contribution in [0.25, 0.3) is 44.7 Å². The Kier molecular flexibility index (Phi) is 5.72. The van der Waals surface area contributed by atoms with E-state index in [0.29, 0.717) is 0 Å². The highest BCUT2D eigenvalue weighted by Gasteiger charge is 2.19. The zero-order valence-corrected chi connectivity index (χ0v) is 20.9. The molecule has 1 saturated carbocycles. The molecule has 2 aliphatic rings. The van der Waals surface area contributed by atoms with E-state index >= 15 is 0 Å². The lowest BCUT2D eigenvalue weighted by molar-refractivity contribution is 0.154. The summed E-state index contributed by atoms with van der Waals surface area (Å²) in [6.07, 6.45) is 15.6. The van der Waals surface area contributed by atoms with Gasteiger partial charge < -0.3 is 14.6 Å². The molecule has 1 aliphatic heterocycles. The topological polar surface area (TPSA) is 95.6 Å². The number of aromatic amines is 2. The SMILES string of the molecule is c1cc(N2CCCCC2)c2cc(-c3n[nH]c4ccc(-c5cncc(OC6CCCCC6)c5)nc34)[nH]c2n1. The second-order valence-electron chi connectivity index (χ2n) is 10.3. The molecule has 0 spiro atoms. The predicted octanol–water partition coefficient (Wildman–Crippen LogP) is 6.27. The van der Waals surface area contributed by atoms with Crippen LogP contribution in [-0.2, 0) is 0 Å². The standard InChI is InChI=1S/C29H31N7O/c1-3-7-20(8-4-1)37-21-15-19(17-30-18-21)23-9-10-24-27(32-23)28(35-34-24)25-16-22-26(11-12-31-29(22)33-25)36-13-5-2-6-14-36/h9-12,15-18,20H,1-8,13-14H2,(H,31,33)(H,34,35). The maximum atomic E-state index is 6.25. The number of piperidine rings is 1. The highest BCUT2D eigenvalue weighted by molar-refractivity contribution is 5.97. The monoisotopic (exact) mass is 493 g/mol. The van der Waals surface area contributed by atoms with Gasteiger partial charge in [-0.2, -0.15) is 5.10 Å². The predicted molar refractivity (Wildman–Crippen MR) is 146 cm³/mol. The van der Waals surface area contributed by atoms with Gasteiger partial charge in [0.05, 0.1) is 29.2 Å². The number of nitrogens with zero attached hydrogens (tertiary/aromatic N) is 5. The molecule has 37 heavy (non-hydrogen) atoms. The fraction of sp³-hybridized carbons (Fsp3) is 0.379. The van der Waals surface area contributed by atoms with Crippen molar-refractivity contribution in [1.82, 2.24) is 30.1 Å². The molecule has 5 aromatic heterocycles. The van der Waals surface area contributed by atoms with Crippen LogP contribution in [-0.4, -0.2) is 49.3 Å². The quantitative estimate of drug-likeness (QED) is 0.300. The van der Waals surface area contributed by atoms with E-state index in [9.17, 15) is 0 Å². The molecule has 2 N–H and O–H groups in total. The molecule has 6 heterocycles. The number of anilines is 1. The van der Waals surface area contributed by atoms with Crippen LogP contribution in [0.1, 0.15) is 51.4 Å². The first kappa shape index (κ1) is 22.3. The van der Waals surface area contributed by atoms with Gasteiger partial charge in [0, 0.05) is 42.1 Å². The molecule has 1 saturated heterocycles. The zero-order valence-electron chi connectivity index (χ0n) is 20.9. The van der Waals surface area contributed by atoms with Gasteiger partial charge >= 0.3 is 0 Å². The Morgan fingerprint density at radius 3 is 2.68 bits per heavy atom. The van der Waals surface area contributed by atoms with Gasteiger partial charge in [-0.15, -0.1) is 0 Å². The first-order valence-electron chi connectivity index (χ1n) is 13.5. The van der Waals surface area contributed by atoms with Crippen molar-refractivity contribution < 1.29 is 4.74 Å². The molecule has 0 bridgehead atoms. The molecule has 2 fully saturated rings. The molecule has 8 heteroatoms. The number of aromatic nitrogens is 6. The third-order valence-corrected chi connectivity index (χ3v) is 7.73. The second kappa shape index (κ2) is 9.50. The molecule has 0 atom stereocenters. The van der Waals surface area contributed by atoms with Crippen LogP contribution in [0.15, 0.2) is 48.9 Å². The number of pyridine rings is 3. The van der Waals surface area contributed by atoms with E-state index < -0.39 is 0 Å². The molecule has 7 rings (SSSR count). The molecular weight excluding hydrogens is 462 g/mol.